The van der Waals surface area contributed by atoms with Crippen LogP contribution in [0, 0.1) is 0 Å². The first-order chi connectivity index (χ1) is 11.0. The molecule has 2 aromatic carbocycles. The summed E-state index contributed by atoms with van der Waals surface area (Å²) in [5, 5.41) is 0. The number of esters is 1. The Morgan fingerprint density at radius 3 is 2.13 bits per heavy atom. The Kier molecular flexibility index (Phi) is 5.36. The minimum atomic E-state index is -0.887. The van der Waals surface area contributed by atoms with Crippen LogP contribution in [0.2, 0.25) is 0 Å². The molecule has 0 fully saturated rings. The molecule has 23 heavy (non-hydrogen) atoms. The highest BCUT2D eigenvalue weighted by molar-refractivity contribution is 6.01. The number of methoxy groups -OCH3 is 2. The molecule has 0 bridgehead atoms. The Morgan fingerprint density at radius 2 is 1.52 bits per heavy atom. The van der Waals surface area contributed by atoms with Crippen LogP contribution in [0.5, 0.6) is 11.5 Å². The van der Waals surface area contributed by atoms with Crippen molar-refractivity contribution in [3.63, 3.8) is 0 Å². The summed E-state index contributed by atoms with van der Waals surface area (Å²) in [6, 6.07) is 13.2. The molecule has 0 aliphatic heterocycles. The molecule has 0 spiro atoms. The zero-order valence-electron chi connectivity index (χ0n) is 13.2. The lowest BCUT2D eigenvalue weighted by Gasteiger charge is -2.13. The summed E-state index contributed by atoms with van der Waals surface area (Å²) in [5.74, 6) is 0.360. The van der Waals surface area contributed by atoms with Crippen molar-refractivity contribution in [2.24, 2.45) is 0 Å². The Balaban J connectivity index is 2.05. The molecule has 5 nitrogen and oxygen atoms in total. The van der Waals surface area contributed by atoms with Gasteiger partial charge in [-0.3, -0.25) is 4.79 Å². The summed E-state index contributed by atoms with van der Waals surface area (Å²) >= 11 is 0. The smallest absolute Gasteiger partial charge is 0.338 e. The van der Waals surface area contributed by atoms with Crippen molar-refractivity contribution in [1.82, 2.24) is 0 Å². The number of hydrogen-bond donors (Lipinski definition) is 0. The Labute approximate surface area is 134 Å². The van der Waals surface area contributed by atoms with Crippen molar-refractivity contribution in [3.8, 4) is 11.5 Å². The fourth-order valence-electron chi connectivity index (χ4n) is 2.02. The predicted octanol–water partition coefficient (Wildman–Crippen LogP) is 3.13. The summed E-state index contributed by atoms with van der Waals surface area (Å²) in [6.45, 7) is 1.55. The van der Waals surface area contributed by atoms with Crippen LogP contribution in [0.4, 0.5) is 0 Å². The van der Waals surface area contributed by atoms with Crippen LogP contribution in [0.15, 0.2) is 48.5 Å². The van der Waals surface area contributed by atoms with Gasteiger partial charge in [0.25, 0.3) is 0 Å². The maximum atomic E-state index is 12.3. The zero-order chi connectivity index (χ0) is 16.8. The molecule has 120 valence electrons. The van der Waals surface area contributed by atoms with Crippen LogP contribution in [-0.4, -0.2) is 32.1 Å². The normalized spacial score (nSPS) is 11.4. The van der Waals surface area contributed by atoms with Crippen molar-refractivity contribution in [2.75, 3.05) is 14.2 Å². The number of Topliss-reactive ketones (excluding diaryl/α,β-unsaturated/α-hetero) is 1. The summed E-state index contributed by atoms with van der Waals surface area (Å²) in [7, 11) is 3.07. The number of benzene rings is 2. The van der Waals surface area contributed by atoms with Gasteiger partial charge in [0, 0.05) is 5.56 Å². The van der Waals surface area contributed by atoms with E-state index in [1.165, 1.54) is 7.11 Å². The molecule has 0 saturated carbocycles. The predicted molar refractivity (Wildman–Crippen MR) is 85.2 cm³/mol. The van der Waals surface area contributed by atoms with Crippen LogP contribution in [-0.2, 0) is 4.74 Å². The first-order valence-electron chi connectivity index (χ1n) is 7.08. The van der Waals surface area contributed by atoms with Gasteiger partial charge in [0.1, 0.15) is 11.5 Å². The standard InChI is InChI=1S/C18H18O5/c1-12(17(19)13-7-9-15(21-2)10-8-13)23-18(20)14-5-4-6-16(11-14)22-3/h4-12H,1-3H3/t12-/m1/s1. The molecule has 0 aliphatic rings. The number of carbonyl (C=O) groups excluding carboxylic acids is 2. The van der Waals surface area contributed by atoms with E-state index >= 15 is 0 Å². The maximum Gasteiger partial charge on any atom is 0.338 e. The molecule has 2 aromatic rings. The Bertz CT molecular complexity index is 691. The van der Waals surface area contributed by atoms with Gasteiger partial charge >= 0.3 is 5.97 Å². The van der Waals surface area contributed by atoms with Crippen LogP contribution < -0.4 is 9.47 Å². The minimum absolute atomic E-state index is 0.274. The third-order valence-electron chi connectivity index (χ3n) is 3.33. The van der Waals surface area contributed by atoms with Crippen molar-refractivity contribution in [1.29, 1.82) is 0 Å². The van der Waals surface area contributed by atoms with E-state index in [1.54, 1.807) is 62.6 Å². The molecule has 0 radical (unpaired) electrons. The fraction of sp³-hybridized carbons (Fsp3) is 0.222. The lowest BCUT2D eigenvalue weighted by atomic mass is 10.1. The molecular weight excluding hydrogens is 296 g/mol. The topological polar surface area (TPSA) is 61.8 Å². The number of carbonyl (C=O) groups is 2. The third-order valence-corrected chi connectivity index (χ3v) is 3.33. The largest absolute Gasteiger partial charge is 0.497 e. The van der Waals surface area contributed by atoms with Crippen molar-refractivity contribution in [3.05, 3.63) is 59.7 Å². The van der Waals surface area contributed by atoms with Gasteiger partial charge in [-0.2, -0.15) is 0 Å². The van der Waals surface area contributed by atoms with Crippen molar-refractivity contribution in [2.45, 2.75) is 13.0 Å². The molecule has 0 N–H and O–H groups in total. The third kappa shape index (κ3) is 4.10. The molecule has 0 amide bonds. The van der Waals surface area contributed by atoms with E-state index in [1.807, 2.05) is 0 Å². The average Bonchev–Trinajstić information content (AvgIpc) is 2.61. The van der Waals surface area contributed by atoms with Gasteiger partial charge in [0.15, 0.2) is 6.10 Å². The van der Waals surface area contributed by atoms with Crippen LogP contribution in [0.25, 0.3) is 0 Å². The fourth-order valence-corrected chi connectivity index (χ4v) is 2.02. The van der Waals surface area contributed by atoms with E-state index in [0.29, 0.717) is 22.6 Å². The number of ether oxygens (including phenoxy) is 3. The van der Waals surface area contributed by atoms with Gasteiger partial charge in [-0.1, -0.05) is 6.07 Å². The highest BCUT2D eigenvalue weighted by Gasteiger charge is 2.20. The van der Waals surface area contributed by atoms with Gasteiger partial charge in [-0.25, -0.2) is 4.79 Å². The molecule has 0 aromatic heterocycles. The van der Waals surface area contributed by atoms with Gasteiger partial charge < -0.3 is 14.2 Å². The van der Waals surface area contributed by atoms with Gasteiger partial charge in [-0.05, 0) is 49.4 Å². The van der Waals surface area contributed by atoms with E-state index in [2.05, 4.69) is 0 Å². The molecule has 1 atom stereocenters. The summed E-state index contributed by atoms with van der Waals surface area (Å²) in [5.41, 5.74) is 0.787. The molecule has 0 unspecified atom stereocenters. The zero-order valence-corrected chi connectivity index (χ0v) is 13.2. The van der Waals surface area contributed by atoms with Gasteiger partial charge in [0.2, 0.25) is 5.78 Å². The van der Waals surface area contributed by atoms with E-state index in [9.17, 15) is 9.59 Å². The van der Waals surface area contributed by atoms with E-state index in [-0.39, 0.29) is 5.78 Å². The lowest BCUT2D eigenvalue weighted by Crippen LogP contribution is -2.24. The Hall–Kier alpha value is -2.82. The second kappa shape index (κ2) is 7.45. The Morgan fingerprint density at radius 1 is 0.870 bits per heavy atom. The van der Waals surface area contributed by atoms with E-state index in [0.717, 1.165) is 0 Å². The molecular formula is C18H18O5. The molecule has 0 aliphatic carbocycles. The van der Waals surface area contributed by atoms with E-state index < -0.39 is 12.1 Å². The molecule has 2 rings (SSSR count). The van der Waals surface area contributed by atoms with Crippen LogP contribution in [0.3, 0.4) is 0 Å². The van der Waals surface area contributed by atoms with Crippen LogP contribution >= 0.6 is 0 Å². The first kappa shape index (κ1) is 16.5. The average molecular weight is 314 g/mol. The van der Waals surface area contributed by atoms with Gasteiger partial charge in [-0.15, -0.1) is 0 Å². The van der Waals surface area contributed by atoms with Gasteiger partial charge in [0.05, 0.1) is 19.8 Å². The minimum Gasteiger partial charge on any atom is -0.497 e. The summed E-state index contributed by atoms with van der Waals surface area (Å²) in [6.07, 6.45) is -0.887. The first-order valence-corrected chi connectivity index (χ1v) is 7.08. The second-order valence-corrected chi connectivity index (χ2v) is 4.87. The van der Waals surface area contributed by atoms with Crippen molar-refractivity contribution < 1.29 is 23.8 Å². The highest BCUT2D eigenvalue weighted by atomic mass is 16.5. The second-order valence-electron chi connectivity index (χ2n) is 4.87. The summed E-state index contributed by atoms with van der Waals surface area (Å²) < 4.78 is 15.3. The molecule has 5 heteroatoms. The highest BCUT2D eigenvalue weighted by Crippen LogP contribution is 2.16. The molecule has 0 heterocycles. The summed E-state index contributed by atoms with van der Waals surface area (Å²) in [4.78, 5) is 24.4. The molecule has 0 saturated heterocycles. The maximum absolute atomic E-state index is 12.3. The van der Waals surface area contributed by atoms with Crippen molar-refractivity contribution >= 4 is 11.8 Å². The van der Waals surface area contributed by atoms with E-state index in [4.69, 9.17) is 14.2 Å². The lowest BCUT2D eigenvalue weighted by molar-refractivity contribution is 0.0318. The van der Waals surface area contributed by atoms with Crippen LogP contribution in [0.1, 0.15) is 27.6 Å². The number of rotatable bonds is 6. The number of ketones is 1. The number of hydrogen-bond acceptors (Lipinski definition) is 5. The monoisotopic (exact) mass is 314 g/mol. The quantitative estimate of drug-likeness (QED) is 0.605. The SMILES string of the molecule is COc1ccc(C(=O)[C@@H](C)OC(=O)c2cccc(OC)c2)cc1.